The predicted molar refractivity (Wildman–Crippen MR) is 133 cm³/mol. The number of aromatic nitrogens is 1. The molecule has 34 heavy (non-hydrogen) atoms. The minimum atomic E-state index is -3.71. The van der Waals surface area contributed by atoms with Crippen molar-refractivity contribution in [2.45, 2.75) is 50.5 Å². The molecule has 0 saturated heterocycles. The molecule has 1 heterocycles. The van der Waals surface area contributed by atoms with E-state index in [-0.39, 0.29) is 17.7 Å². The Morgan fingerprint density at radius 2 is 1.71 bits per heavy atom. The van der Waals surface area contributed by atoms with Crippen LogP contribution in [-0.2, 0) is 26.8 Å². The number of carbonyl (C=O) groups excluding carboxylic acids is 1. The minimum absolute atomic E-state index is 0.0121. The highest BCUT2D eigenvalue weighted by atomic mass is 32.2. The largest absolute Gasteiger partial charge is 0.369 e. The molecule has 0 unspecified atom stereocenters. The van der Waals surface area contributed by atoms with Gasteiger partial charge >= 0.3 is 0 Å². The van der Waals surface area contributed by atoms with Gasteiger partial charge in [-0.05, 0) is 74.0 Å². The summed E-state index contributed by atoms with van der Waals surface area (Å²) in [6.07, 6.45) is 8.82. The van der Waals surface area contributed by atoms with Crippen molar-refractivity contribution in [2.24, 2.45) is 28.5 Å². The maximum atomic E-state index is 13.0. The van der Waals surface area contributed by atoms with Crippen LogP contribution in [0.2, 0.25) is 0 Å². The van der Waals surface area contributed by atoms with Crippen molar-refractivity contribution in [1.29, 1.82) is 0 Å². The Kier molecular flexibility index (Phi) is 5.88. The lowest BCUT2D eigenvalue weighted by Crippen LogP contribution is -2.49. The molecular weight excluding hydrogens is 448 g/mol. The molecule has 1 amide bonds. The lowest BCUT2D eigenvalue weighted by molar-refractivity contribution is -0.118. The summed E-state index contributed by atoms with van der Waals surface area (Å²) >= 11 is 0. The number of amides is 1. The molecule has 4 aliphatic carbocycles. The van der Waals surface area contributed by atoms with Gasteiger partial charge in [-0.3, -0.25) is 9.52 Å². The lowest BCUT2D eigenvalue weighted by Gasteiger charge is -2.57. The first-order valence-electron chi connectivity index (χ1n) is 12.0. The third kappa shape index (κ3) is 4.43. The van der Waals surface area contributed by atoms with Gasteiger partial charge in [0.2, 0.25) is 16.0 Å². The van der Waals surface area contributed by atoms with Crippen molar-refractivity contribution < 1.29 is 13.2 Å². The maximum Gasteiger partial charge on any atom is 0.268 e. The fraction of sp³-hybridized carbons (Fsp3) is 0.462. The molecule has 8 heteroatoms. The molecule has 2 aromatic rings. The van der Waals surface area contributed by atoms with Crippen molar-refractivity contribution >= 4 is 21.9 Å². The highest BCUT2D eigenvalue weighted by molar-refractivity contribution is 7.90. The zero-order chi connectivity index (χ0) is 23.9. The van der Waals surface area contributed by atoms with Crippen LogP contribution in [0.25, 0.3) is 11.3 Å². The van der Waals surface area contributed by atoms with E-state index in [0.29, 0.717) is 0 Å². The molecule has 0 aliphatic heterocycles. The molecule has 1 aromatic heterocycles. The van der Waals surface area contributed by atoms with Crippen LogP contribution in [0.1, 0.15) is 44.2 Å². The number of guanidine groups is 1. The van der Waals surface area contributed by atoms with Gasteiger partial charge in [0, 0.05) is 16.8 Å². The molecule has 4 saturated carbocycles. The van der Waals surface area contributed by atoms with E-state index in [1.54, 1.807) is 0 Å². The molecule has 4 fully saturated rings. The SMILES string of the molecule is C=CCS(=O)(=O)N/C(N)=N\C(=O)Cn1c(-c2ccccc2)ccc1C12CC3CC(CC(C3)C1)C2. The summed E-state index contributed by atoms with van der Waals surface area (Å²) in [7, 11) is -3.71. The first-order chi connectivity index (χ1) is 16.3. The summed E-state index contributed by atoms with van der Waals surface area (Å²) in [6.45, 7) is 3.43. The second-order valence-corrected chi connectivity index (χ2v) is 12.1. The smallest absolute Gasteiger partial charge is 0.268 e. The Hall–Kier alpha value is -2.87. The number of carbonyl (C=O) groups is 1. The Bertz CT molecular complexity index is 1190. The number of hydrogen-bond donors (Lipinski definition) is 2. The third-order valence-electron chi connectivity index (χ3n) is 7.77. The van der Waals surface area contributed by atoms with Crippen molar-refractivity contribution in [2.75, 3.05) is 5.75 Å². The van der Waals surface area contributed by atoms with E-state index in [9.17, 15) is 13.2 Å². The van der Waals surface area contributed by atoms with Gasteiger partial charge in [-0.15, -0.1) is 6.58 Å². The van der Waals surface area contributed by atoms with Gasteiger partial charge in [-0.1, -0.05) is 36.4 Å². The van der Waals surface area contributed by atoms with Gasteiger partial charge in [0.05, 0.1) is 5.75 Å². The van der Waals surface area contributed by atoms with E-state index in [1.165, 1.54) is 50.3 Å². The second-order valence-electron chi connectivity index (χ2n) is 10.3. The number of nitrogens with two attached hydrogens (primary N) is 1. The summed E-state index contributed by atoms with van der Waals surface area (Å²) in [5.41, 5.74) is 9.07. The molecule has 6 rings (SSSR count). The van der Waals surface area contributed by atoms with Crippen molar-refractivity contribution in [3.05, 3.63) is 60.8 Å². The van der Waals surface area contributed by atoms with E-state index in [2.05, 4.69) is 33.0 Å². The molecular formula is C26H32N4O3S. The molecule has 4 bridgehead atoms. The number of nitrogens with one attached hydrogen (secondary N) is 1. The molecule has 3 N–H and O–H groups in total. The predicted octanol–water partition coefficient (Wildman–Crippen LogP) is 3.57. The zero-order valence-corrected chi connectivity index (χ0v) is 20.1. The highest BCUT2D eigenvalue weighted by Crippen LogP contribution is 2.61. The van der Waals surface area contributed by atoms with E-state index < -0.39 is 21.9 Å². The van der Waals surface area contributed by atoms with Crippen molar-refractivity contribution in [1.82, 2.24) is 9.29 Å². The summed E-state index contributed by atoms with van der Waals surface area (Å²) in [5, 5.41) is 0. The van der Waals surface area contributed by atoms with E-state index in [4.69, 9.17) is 5.73 Å². The molecule has 0 atom stereocenters. The standard InChI is InChI=1S/C26H32N4O3S/c1-2-10-34(32,33)29-25(27)28-24(31)17-30-22(21-6-4-3-5-7-21)8-9-23(30)26-14-18-11-19(15-26)13-20(12-18)16-26/h2-9,18-20H,1,10-17H2,(H3,27,28,29,31). The Labute approximate surface area is 201 Å². The van der Waals surface area contributed by atoms with Crippen LogP contribution >= 0.6 is 0 Å². The molecule has 1 aromatic carbocycles. The molecule has 0 spiro atoms. The van der Waals surface area contributed by atoms with Crippen LogP contribution < -0.4 is 10.5 Å². The van der Waals surface area contributed by atoms with Crippen molar-refractivity contribution in [3.63, 3.8) is 0 Å². The third-order valence-corrected chi connectivity index (χ3v) is 8.96. The normalized spacial score (nSPS) is 28.1. The number of hydrogen-bond acceptors (Lipinski definition) is 3. The van der Waals surface area contributed by atoms with Crippen LogP contribution in [0.15, 0.2) is 60.1 Å². The molecule has 180 valence electrons. The maximum absolute atomic E-state index is 13.0. The second kappa shape index (κ2) is 8.73. The monoisotopic (exact) mass is 480 g/mol. The number of sulfonamides is 1. The van der Waals surface area contributed by atoms with Crippen LogP contribution in [0, 0.1) is 17.8 Å². The summed E-state index contributed by atoms with van der Waals surface area (Å²) in [6, 6.07) is 14.3. The first-order valence-corrected chi connectivity index (χ1v) is 13.7. The van der Waals surface area contributed by atoms with Gasteiger partial charge in [0.25, 0.3) is 5.91 Å². The molecule has 4 aliphatic rings. The lowest BCUT2D eigenvalue weighted by atomic mass is 9.49. The first kappa shape index (κ1) is 22.9. The van der Waals surface area contributed by atoms with Gasteiger partial charge in [-0.25, -0.2) is 8.42 Å². The average molecular weight is 481 g/mol. The van der Waals surface area contributed by atoms with E-state index >= 15 is 0 Å². The molecule has 0 radical (unpaired) electrons. The number of nitrogens with zero attached hydrogens (tertiary/aromatic N) is 2. The van der Waals surface area contributed by atoms with Crippen molar-refractivity contribution in [3.8, 4) is 11.3 Å². The minimum Gasteiger partial charge on any atom is -0.369 e. The quantitative estimate of drug-likeness (QED) is 0.359. The van der Waals surface area contributed by atoms with Crippen LogP contribution in [-0.4, -0.2) is 30.6 Å². The van der Waals surface area contributed by atoms with E-state index in [0.717, 1.165) is 29.0 Å². The Morgan fingerprint density at radius 3 is 2.29 bits per heavy atom. The topological polar surface area (TPSA) is 107 Å². The number of benzene rings is 1. The summed E-state index contributed by atoms with van der Waals surface area (Å²) < 4.78 is 28.1. The average Bonchev–Trinajstić information content (AvgIpc) is 3.17. The number of rotatable bonds is 7. The van der Waals surface area contributed by atoms with Gasteiger partial charge in [0.15, 0.2) is 0 Å². The van der Waals surface area contributed by atoms with Crippen LogP contribution in [0.5, 0.6) is 0 Å². The van der Waals surface area contributed by atoms with E-state index in [1.807, 2.05) is 30.3 Å². The number of aliphatic imine (C=N–C) groups is 1. The van der Waals surface area contributed by atoms with Gasteiger partial charge < -0.3 is 10.3 Å². The fourth-order valence-corrected chi connectivity index (χ4v) is 7.83. The van der Waals surface area contributed by atoms with Gasteiger partial charge in [-0.2, -0.15) is 4.99 Å². The highest BCUT2D eigenvalue weighted by Gasteiger charge is 2.52. The van der Waals surface area contributed by atoms with Gasteiger partial charge in [0.1, 0.15) is 6.54 Å². The summed E-state index contributed by atoms with van der Waals surface area (Å²) in [5.74, 6) is 1.12. The Balaban J connectivity index is 1.48. The fourth-order valence-electron chi connectivity index (χ4n) is 7.07. The van der Waals surface area contributed by atoms with Crippen LogP contribution in [0.4, 0.5) is 0 Å². The zero-order valence-electron chi connectivity index (χ0n) is 19.3. The molecule has 7 nitrogen and oxygen atoms in total. The summed E-state index contributed by atoms with van der Waals surface area (Å²) in [4.78, 5) is 16.8. The Morgan fingerprint density at radius 1 is 1.09 bits per heavy atom. The van der Waals surface area contributed by atoms with Crippen LogP contribution in [0.3, 0.4) is 0 Å².